The molecule has 0 radical (unpaired) electrons. The van der Waals surface area contributed by atoms with Crippen molar-refractivity contribution in [2.24, 2.45) is 0 Å². The zero-order chi connectivity index (χ0) is 21.5. The fourth-order valence-corrected chi connectivity index (χ4v) is 4.83. The van der Waals surface area contributed by atoms with E-state index in [1.807, 2.05) is 30.3 Å². The smallest absolute Gasteiger partial charge is 0.407 e. The van der Waals surface area contributed by atoms with E-state index in [0.717, 1.165) is 37.9 Å². The van der Waals surface area contributed by atoms with Gasteiger partial charge in [-0.1, -0.05) is 60.9 Å². The second kappa shape index (κ2) is 10.7. The lowest BCUT2D eigenvalue weighted by Gasteiger charge is -2.40. The molecule has 2 fully saturated rings. The first-order valence-electron chi connectivity index (χ1n) is 11.7. The molecule has 1 heterocycles. The number of aryl methyl sites for hydroxylation is 1. The van der Waals surface area contributed by atoms with Crippen molar-refractivity contribution < 1.29 is 9.53 Å². The summed E-state index contributed by atoms with van der Waals surface area (Å²) in [6, 6.07) is 19.6. The molecule has 1 saturated carbocycles. The molecule has 3 unspecified atom stereocenters. The predicted octanol–water partition coefficient (Wildman–Crippen LogP) is 4.79. The van der Waals surface area contributed by atoms with Crippen LogP contribution in [0.1, 0.15) is 49.7 Å². The van der Waals surface area contributed by atoms with Crippen molar-refractivity contribution in [2.75, 3.05) is 18.0 Å². The van der Waals surface area contributed by atoms with E-state index in [1.54, 1.807) is 0 Å². The van der Waals surface area contributed by atoms with Crippen LogP contribution in [-0.2, 0) is 11.3 Å². The Morgan fingerprint density at radius 2 is 1.71 bits per heavy atom. The molecular weight excluding hydrogens is 386 g/mol. The van der Waals surface area contributed by atoms with Crippen LogP contribution in [-0.4, -0.2) is 37.3 Å². The number of ether oxygens (including phenoxy) is 1. The highest BCUT2D eigenvalue weighted by Gasteiger charge is 2.30. The van der Waals surface area contributed by atoms with Crippen LogP contribution in [0.15, 0.2) is 54.6 Å². The molecule has 5 heteroatoms. The Morgan fingerprint density at radius 1 is 0.968 bits per heavy atom. The Kier molecular flexibility index (Phi) is 7.47. The number of hydrogen-bond acceptors (Lipinski definition) is 4. The van der Waals surface area contributed by atoms with Crippen LogP contribution < -0.4 is 15.5 Å². The highest BCUT2D eigenvalue weighted by Crippen LogP contribution is 2.24. The van der Waals surface area contributed by atoms with E-state index in [-0.39, 0.29) is 12.1 Å². The molecule has 2 N–H and O–H groups in total. The highest BCUT2D eigenvalue weighted by atomic mass is 16.5. The van der Waals surface area contributed by atoms with Gasteiger partial charge in [0.05, 0.1) is 0 Å². The van der Waals surface area contributed by atoms with E-state index in [2.05, 4.69) is 46.7 Å². The maximum Gasteiger partial charge on any atom is 0.407 e. The van der Waals surface area contributed by atoms with Gasteiger partial charge < -0.3 is 20.3 Å². The molecular formula is C26H35N3O2. The quantitative estimate of drug-likeness (QED) is 0.704. The second-order valence-corrected chi connectivity index (χ2v) is 8.99. The number of nitrogens with one attached hydrogen (secondary N) is 2. The average Bonchev–Trinajstić information content (AvgIpc) is 2.80. The van der Waals surface area contributed by atoms with E-state index in [1.165, 1.54) is 30.5 Å². The summed E-state index contributed by atoms with van der Waals surface area (Å²) in [5.74, 6) is 0. The van der Waals surface area contributed by atoms with Gasteiger partial charge in [0.1, 0.15) is 6.61 Å². The lowest BCUT2D eigenvalue weighted by molar-refractivity contribution is 0.128. The molecule has 166 valence electrons. The lowest BCUT2D eigenvalue weighted by atomic mass is 9.89. The molecule has 1 amide bonds. The first-order chi connectivity index (χ1) is 15.2. The third-order valence-corrected chi connectivity index (χ3v) is 6.55. The first-order valence-corrected chi connectivity index (χ1v) is 11.7. The molecule has 1 saturated heterocycles. The summed E-state index contributed by atoms with van der Waals surface area (Å²) in [5, 5.41) is 7.03. The van der Waals surface area contributed by atoms with Crippen molar-refractivity contribution in [3.63, 3.8) is 0 Å². The van der Waals surface area contributed by atoms with Gasteiger partial charge in [-0.2, -0.15) is 0 Å². The number of amides is 1. The maximum atomic E-state index is 12.4. The van der Waals surface area contributed by atoms with Gasteiger partial charge in [-0.15, -0.1) is 0 Å². The van der Waals surface area contributed by atoms with Gasteiger partial charge in [0.2, 0.25) is 0 Å². The number of rotatable bonds is 6. The van der Waals surface area contributed by atoms with Crippen molar-refractivity contribution in [1.29, 1.82) is 0 Å². The number of hydrogen-bond donors (Lipinski definition) is 2. The van der Waals surface area contributed by atoms with Crippen molar-refractivity contribution in [2.45, 2.75) is 70.2 Å². The van der Waals surface area contributed by atoms with Crippen LogP contribution in [0.4, 0.5) is 10.5 Å². The average molecular weight is 422 g/mol. The molecule has 1 aliphatic carbocycles. The van der Waals surface area contributed by atoms with Crippen LogP contribution in [0.3, 0.4) is 0 Å². The predicted molar refractivity (Wildman–Crippen MR) is 125 cm³/mol. The third kappa shape index (κ3) is 6.23. The van der Waals surface area contributed by atoms with Crippen LogP contribution in [0.5, 0.6) is 0 Å². The number of alkyl carbamates (subject to hydrolysis) is 1. The summed E-state index contributed by atoms with van der Waals surface area (Å²) >= 11 is 0. The highest BCUT2D eigenvalue weighted by molar-refractivity contribution is 5.67. The molecule has 0 spiro atoms. The Labute approximate surface area is 186 Å². The molecule has 5 nitrogen and oxygen atoms in total. The van der Waals surface area contributed by atoms with E-state index < -0.39 is 0 Å². The topological polar surface area (TPSA) is 53.6 Å². The van der Waals surface area contributed by atoms with Crippen molar-refractivity contribution >= 4 is 11.8 Å². The van der Waals surface area contributed by atoms with Gasteiger partial charge in [-0.25, -0.2) is 4.79 Å². The van der Waals surface area contributed by atoms with Crippen LogP contribution in [0.25, 0.3) is 0 Å². The second-order valence-electron chi connectivity index (χ2n) is 8.99. The van der Waals surface area contributed by atoms with Gasteiger partial charge >= 0.3 is 6.09 Å². The Balaban J connectivity index is 1.29. The third-order valence-electron chi connectivity index (χ3n) is 6.55. The van der Waals surface area contributed by atoms with Gasteiger partial charge in [-0.05, 0) is 50.3 Å². The van der Waals surface area contributed by atoms with E-state index >= 15 is 0 Å². The molecule has 0 bridgehead atoms. The minimum atomic E-state index is -0.313. The molecule has 0 aromatic heterocycles. The number of carbonyl (C=O) groups excluding carboxylic acids is 1. The van der Waals surface area contributed by atoms with Gasteiger partial charge in [0.25, 0.3) is 0 Å². The standard InChI is InChI=1S/C26H35N3O2/c1-20-13-15-23(16-14-20)29-17-7-10-22(18-29)27-24-11-5-6-12-25(24)28-26(30)31-19-21-8-3-2-4-9-21/h2-4,8-9,13-16,22,24-25,27H,5-7,10-12,17-19H2,1H3,(H,28,30). The first kappa shape index (κ1) is 21.7. The monoisotopic (exact) mass is 421 g/mol. The van der Waals surface area contributed by atoms with Gasteiger partial charge in [-0.3, -0.25) is 0 Å². The molecule has 4 rings (SSSR count). The fourth-order valence-electron chi connectivity index (χ4n) is 4.83. The molecule has 2 aromatic carbocycles. The van der Waals surface area contributed by atoms with Crippen LogP contribution in [0.2, 0.25) is 0 Å². The molecule has 31 heavy (non-hydrogen) atoms. The Bertz CT molecular complexity index is 824. The van der Waals surface area contributed by atoms with Crippen molar-refractivity contribution in [3.8, 4) is 0 Å². The van der Waals surface area contributed by atoms with Crippen LogP contribution in [0, 0.1) is 6.92 Å². The number of anilines is 1. The number of nitrogens with zero attached hydrogens (tertiary/aromatic N) is 1. The van der Waals surface area contributed by atoms with Crippen molar-refractivity contribution in [1.82, 2.24) is 10.6 Å². The number of piperidine rings is 1. The number of benzene rings is 2. The Hall–Kier alpha value is -2.53. The SMILES string of the molecule is Cc1ccc(N2CCCC(NC3CCCCC3NC(=O)OCc3ccccc3)C2)cc1. The molecule has 2 aromatic rings. The summed E-state index contributed by atoms with van der Waals surface area (Å²) in [5.41, 5.74) is 3.61. The number of carbonyl (C=O) groups is 1. The van der Waals surface area contributed by atoms with E-state index in [9.17, 15) is 4.79 Å². The van der Waals surface area contributed by atoms with Gasteiger partial charge in [0.15, 0.2) is 0 Å². The zero-order valence-corrected chi connectivity index (χ0v) is 18.6. The van der Waals surface area contributed by atoms with Crippen molar-refractivity contribution in [3.05, 3.63) is 65.7 Å². The lowest BCUT2D eigenvalue weighted by Crippen LogP contribution is -2.57. The summed E-state index contributed by atoms with van der Waals surface area (Å²) in [6.07, 6.45) is 6.54. The summed E-state index contributed by atoms with van der Waals surface area (Å²) in [4.78, 5) is 14.9. The van der Waals surface area contributed by atoms with Gasteiger partial charge in [0, 0.05) is 36.9 Å². The maximum absolute atomic E-state index is 12.4. The van der Waals surface area contributed by atoms with E-state index in [0.29, 0.717) is 18.7 Å². The summed E-state index contributed by atoms with van der Waals surface area (Å²) in [6.45, 7) is 4.57. The largest absolute Gasteiger partial charge is 0.445 e. The zero-order valence-electron chi connectivity index (χ0n) is 18.6. The summed E-state index contributed by atoms with van der Waals surface area (Å²) in [7, 11) is 0. The minimum Gasteiger partial charge on any atom is -0.445 e. The van der Waals surface area contributed by atoms with E-state index in [4.69, 9.17) is 4.74 Å². The molecule has 1 aliphatic heterocycles. The Morgan fingerprint density at radius 3 is 2.48 bits per heavy atom. The van der Waals surface area contributed by atoms with Crippen LogP contribution >= 0.6 is 0 Å². The normalized spacial score (nSPS) is 23.9. The minimum absolute atomic E-state index is 0.131. The molecule has 2 aliphatic rings. The fraction of sp³-hybridized carbons (Fsp3) is 0.500. The summed E-state index contributed by atoms with van der Waals surface area (Å²) < 4.78 is 5.47. The molecule has 3 atom stereocenters.